The minimum atomic E-state index is -0.394. The highest BCUT2D eigenvalue weighted by Gasteiger charge is 2.32. The van der Waals surface area contributed by atoms with E-state index in [1.54, 1.807) is 12.4 Å². The maximum absolute atomic E-state index is 11.9. The highest BCUT2D eigenvalue weighted by Crippen LogP contribution is 2.39. The smallest absolute Gasteiger partial charge is 0.340 e. The van der Waals surface area contributed by atoms with Gasteiger partial charge in [0.15, 0.2) is 5.82 Å². The average molecular weight is 585 g/mol. The maximum atomic E-state index is 11.9. The van der Waals surface area contributed by atoms with Crippen LogP contribution in [-0.2, 0) is 11.3 Å². The second-order valence-electron chi connectivity index (χ2n) is 11.5. The van der Waals surface area contributed by atoms with Gasteiger partial charge in [0.2, 0.25) is 5.95 Å². The maximum Gasteiger partial charge on any atom is 0.340 e. The van der Waals surface area contributed by atoms with Crippen LogP contribution in [0.25, 0.3) is 33.8 Å². The van der Waals surface area contributed by atoms with Gasteiger partial charge in [0.05, 0.1) is 41.0 Å². The van der Waals surface area contributed by atoms with Crippen LogP contribution in [0.1, 0.15) is 44.2 Å². The molecule has 0 bridgehead atoms. The molecule has 1 aliphatic heterocycles. The molecule has 1 saturated carbocycles. The van der Waals surface area contributed by atoms with Crippen molar-refractivity contribution in [1.82, 2.24) is 34.7 Å². The van der Waals surface area contributed by atoms with Crippen LogP contribution in [0.15, 0.2) is 59.7 Å². The monoisotopic (exact) mass is 584 g/mol. The fourth-order valence-electron chi connectivity index (χ4n) is 6.36. The van der Waals surface area contributed by atoms with E-state index in [1.807, 2.05) is 18.2 Å². The van der Waals surface area contributed by atoms with E-state index >= 15 is 0 Å². The Labute approximate surface area is 248 Å². The highest BCUT2D eigenvalue weighted by atomic mass is 35.5. The standard InChI is InChI=1S/C31H33ClN8O2/c1-19-7-9-20(10-8-19)17-40-28-24(35-31(40)39-11-12-42-18-26(39)21-5-3-2-4-6-21)14-25(29-36-30(41)38-37-29)34-27(28)22-13-23(32)16-33-15-22/h2-6,13-16,19-20,26H,7-12,17-18H2,1H3,(H2,36,37,38,41)/t19?,20?,26-/m0/s1. The van der Waals surface area contributed by atoms with E-state index in [2.05, 4.69) is 60.8 Å². The number of benzene rings is 1. The number of nitrogens with zero attached hydrogens (tertiary/aromatic N) is 6. The van der Waals surface area contributed by atoms with Crippen LogP contribution < -0.4 is 10.6 Å². The summed E-state index contributed by atoms with van der Waals surface area (Å²) in [5, 5.41) is 7.13. The third kappa shape index (κ3) is 5.20. The topological polar surface area (TPSA) is 118 Å². The van der Waals surface area contributed by atoms with Crippen LogP contribution in [-0.4, -0.2) is 54.5 Å². The Morgan fingerprint density at radius 1 is 1.07 bits per heavy atom. The molecule has 2 aliphatic rings. The molecule has 42 heavy (non-hydrogen) atoms. The molecule has 0 radical (unpaired) electrons. The van der Waals surface area contributed by atoms with Crippen LogP contribution in [0.5, 0.6) is 0 Å². The van der Waals surface area contributed by atoms with Crippen LogP contribution in [0.3, 0.4) is 0 Å². The first-order chi connectivity index (χ1) is 20.5. The normalized spacial score (nSPS) is 21.2. The van der Waals surface area contributed by atoms with Crippen molar-refractivity contribution in [2.75, 3.05) is 24.7 Å². The molecule has 5 heterocycles. The molecule has 4 aromatic heterocycles. The predicted octanol–water partition coefficient (Wildman–Crippen LogP) is 5.63. The van der Waals surface area contributed by atoms with E-state index in [1.165, 1.54) is 31.2 Å². The van der Waals surface area contributed by atoms with Crippen LogP contribution in [0, 0.1) is 11.8 Å². The van der Waals surface area contributed by atoms with Crippen molar-refractivity contribution in [2.45, 2.75) is 45.2 Å². The lowest BCUT2D eigenvalue weighted by molar-refractivity contribution is 0.0927. The van der Waals surface area contributed by atoms with E-state index in [0.29, 0.717) is 47.9 Å². The Morgan fingerprint density at radius 2 is 1.90 bits per heavy atom. The van der Waals surface area contributed by atoms with Crippen molar-refractivity contribution < 1.29 is 4.74 Å². The van der Waals surface area contributed by atoms with Gasteiger partial charge in [0, 0.05) is 31.0 Å². The van der Waals surface area contributed by atoms with Gasteiger partial charge in [0.25, 0.3) is 0 Å². The summed E-state index contributed by atoms with van der Waals surface area (Å²) < 4.78 is 8.35. The molecule has 0 amide bonds. The number of fused-ring (bicyclic) bond motifs is 1. The quantitative estimate of drug-likeness (QED) is 0.265. The van der Waals surface area contributed by atoms with Crippen molar-refractivity contribution in [3.05, 3.63) is 75.9 Å². The van der Waals surface area contributed by atoms with Crippen molar-refractivity contribution >= 4 is 28.6 Å². The zero-order valence-corrected chi connectivity index (χ0v) is 24.2. The number of imidazole rings is 1. The third-order valence-corrected chi connectivity index (χ3v) is 8.78. The van der Waals surface area contributed by atoms with Gasteiger partial charge in [0.1, 0.15) is 5.69 Å². The molecule has 2 fully saturated rings. The molecule has 216 valence electrons. The summed E-state index contributed by atoms with van der Waals surface area (Å²) in [5.41, 5.74) is 4.49. The van der Waals surface area contributed by atoms with Crippen LogP contribution >= 0.6 is 11.6 Å². The highest BCUT2D eigenvalue weighted by molar-refractivity contribution is 6.30. The summed E-state index contributed by atoms with van der Waals surface area (Å²) >= 11 is 6.43. The number of hydrogen-bond donors (Lipinski definition) is 2. The average Bonchev–Trinajstić information content (AvgIpc) is 3.62. The third-order valence-electron chi connectivity index (χ3n) is 8.57. The number of H-pyrrole nitrogens is 2. The number of aromatic nitrogens is 7. The minimum Gasteiger partial charge on any atom is -0.377 e. The van der Waals surface area contributed by atoms with E-state index in [0.717, 1.165) is 35.0 Å². The van der Waals surface area contributed by atoms with Crippen molar-refractivity contribution in [1.29, 1.82) is 0 Å². The van der Waals surface area contributed by atoms with Gasteiger partial charge in [-0.2, -0.15) is 5.10 Å². The molecular formula is C31H33ClN8O2. The van der Waals surface area contributed by atoms with Crippen molar-refractivity contribution in [3.63, 3.8) is 0 Å². The Bertz CT molecular complexity index is 1760. The number of rotatable bonds is 6. The lowest BCUT2D eigenvalue weighted by Gasteiger charge is -2.37. The fourth-order valence-corrected chi connectivity index (χ4v) is 6.53. The Kier molecular flexibility index (Phi) is 7.25. The summed E-state index contributed by atoms with van der Waals surface area (Å²) in [6.45, 7) is 5.10. The predicted molar refractivity (Wildman–Crippen MR) is 162 cm³/mol. The van der Waals surface area contributed by atoms with Gasteiger partial charge in [-0.1, -0.05) is 61.7 Å². The second kappa shape index (κ2) is 11.3. The zero-order valence-electron chi connectivity index (χ0n) is 23.5. The molecule has 0 unspecified atom stereocenters. The number of halogens is 1. The molecule has 7 rings (SSSR count). The van der Waals surface area contributed by atoms with Gasteiger partial charge in [-0.3, -0.25) is 9.97 Å². The van der Waals surface area contributed by atoms with E-state index in [-0.39, 0.29) is 6.04 Å². The molecule has 10 nitrogen and oxygen atoms in total. The first kappa shape index (κ1) is 26.9. The number of aromatic amines is 2. The molecular weight excluding hydrogens is 552 g/mol. The number of pyridine rings is 2. The first-order valence-corrected chi connectivity index (χ1v) is 15.0. The van der Waals surface area contributed by atoms with Gasteiger partial charge in [-0.05, 0) is 42.4 Å². The van der Waals surface area contributed by atoms with Crippen molar-refractivity contribution in [2.24, 2.45) is 11.8 Å². The van der Waals surface area contributed by atoms with Crippen LogP contribution in [0.2, 0.25) is 5.02 Å². The number of ether oxygens (including phenoxy) is 1. The Hall–Kier alpha value is -4.02. The summed E-state index contributed by atoms with van der Waals surface area (Å²) in [7, 11) is 0. The summed E-state index contributed by atoms with van der Waals surface area (Å²) in [6, 6.07) is 14.3. The Balaban J connectivity index is 1.45. The lowest BCUT2D eigenvalue weighted by atomic mass is 9.83. The van der Waals surface area contributed by atoms with Gasteiger partial charge in [-0.25, -0.2) is 19.9 Å². The molecule has 11 heteroatoms. The number of nitrogens with one attached hydrogen (secondary N) is 2. The van der Waals surface area contributed by atoms with E-state index < -0.39 is 5.69 Å². The largest absolute Gasteiger partial charge is 0.377 e. The zero-order chi connectivity index (χ0) is 28.6. The first-order valence-electron chi connectivity index (χ1n) is 14.6. The van der Waals surface area contributed by atoms with Crippen LogP contribution in [0.4, 0.5) is 5.95 Å². The van der Waals surface area contributed by atoms with Crippen molar-refractivity contribution in [3.8, 4) is 22.8 Å². The number of hydrogen-bond acceptors (Lipinski definition) is 7. The van der Waals surface area contributed by atoms with E-state index in [4.69, 9.17) is 26.3 Å². The van der Waals surface area contributed by atoms with Gasteiger partial charge < -0.3 is 14.2 Å². The summed E-state index contributed by atoms with van der Waals surface area (Å²) in [5.74, 6) is 2.53. The molecule has 1 aliphatic carbocycles. The molecule has 1 atom stereocenters. The second-order valence-corrected chi connectivity index (χ2v) is 11.9. The fraction of sp³-hybridized carbons (Fsp3) is 0.387. The van der Waals surface area contributed by atoms with E-state index in [9.17, 15) is 4.79 Å². The Morgan fingerprint density at radius 3 is 2.67 bits per heavy atom. The SMILES string of the molecule is CC1CCC(Cn2c(N3CCOC[C@H]3c3ccccc3)nc3cc(-c4n[nH]c(=O)[nH]4)nc(-c4cncc(Cl)c4)c32)CC1. The minimum absolute atomic E-state index is 0.0216. The summed E-state index contributed by atoms with van der Waals surface area (Å²) in [6.07, 6.45) is 8.21. The molecule has 0 spiro atoms. The molecule has 5 aromatic rings. The van der Waals surface area contributed by atoms with Gasteiger partial charge >= 0.3 is 5.69 Å². The molecule has 1 saturated heterocycles. The lowest BCUT2D eigenvalue weighted by Crippen LogP contribution is -2.41. The van der Waals surface area contributed by atoms with Gasteiger partial charge in [-0.15, -0.1) is 0 Å². The molecule has 2 N–H and O–H groups in total. The molecule has 1 aromatic carbocycles. The number of morpholine rings is 1. The summed E-state index contributed by atoms with van der Waals surface area (Å²) in [4.78, 5) is 31.8. The number of anilines is 1.